The van der Waals surface area contributed by atoms with Gasteiger partial charge in [-0.15, -0.1) is 0 Å². The van der Waals surface area contributed by atoms with Gasteiger partial charge in [0.25, 0.3) is 0 Å². The molecule has 0 aliphatic rings. The summed E-state index contributed by atoms with van der Waals surface area (Å²) in [5.41, 5.74) is 2.86. The molecule has 0 atom stereocenters. The quantitative estimate of drug-likeness (QED) is 0.660. The number of hydrogen-bond donors (Lipinski definition) is 0. The molecule has 4 nitrogen and oxygen atoms in total. The van der Waals surface area contributed by atoms with Gasteiger partial charge in [0.05, 0.1) is 10.6 Å². The zero-order valence-electron chi connectivity index (χ0n) is 9.01. The third-order valence-electron chi connectivity index (χ3n) is 2.40. The van der Waals surface area contributed by atoms with E-state index in [1.54, 1.807) is 18.5 Å². The van der Waals surface area contributed by atoms with E-state index < -0.39 is 0 Å². The molecule has 0 unspecified atom stereocenters. The molecule has 0 saturated heterocycles. The minimum absolute atomic E-state index is 0.463. The Hall–Kier alpha value is -1.94. The summed E-state index contributed by atoms with van der Waals surface area (Å²) >= 11 is 6.03. The van der Waals surface area contributed by atoms with Crippen LogP contribution < -0.4 is 0 Å². The molecule has 17 heavy (non-hydrogen) atoms. The van der Waals surface area contributed by atoms with Gasteiger partial charge >= 0.3 is 0 Å². The molecule has 0 N–H and O–H groups in total. The van der Waals surface area contributed by atoms with Crippen LogP contribution in [0.15, 0.2) is 35.0 Å². The Morgan fingerprint density at radius 2 is 2.06 bits per heavy atom. The second-order valence-electron chi connectivity index (χ2n) is 3.65. The molecule has 0 spiro atoms. The molecule has 3 heterocycles. The topological polar surface area (TPSA) is 51.8 Å². The first-order valence-corrected chi connectivity index (χ1v) is 5.46. The monoisotopic (exact) mass is 245 g/mol. The van der Waals surface area contributed by atoms with Crippen LogP contribution in [0.4, 0.5) is 0 Å². The number of aryl methyl sites for hydroxylation is 1. The smallest absolute Gasteiger partial charge is 0.230 e. The number of oxazole rings is 1. The second-order valence-corrected chi connectivity index (χ2v) is 4.06. The summed E-state index contributed by atoms with van der Waals surface area (Å²) in [5, 5.41) is 0.510. The van der Waals surface area contributed by atoms with Crippen molar-refractivity contribution in [2.45, 2.75) is 6.92 Å². The summed E-state index contributed by atoms with van der Waals surface area (Å²) < 4.78 is 5.60. The van der Waals surface area contributed by atoms with Crippen molar-refractivity contribution < 1.29 is 4.42 Å². The Kier molecular flexibility index (Phi) is 2.30. The van der Waals surface area contributed by atoms with Crippen molar-refractivity contribution in [1.82, 2.24) is 15.0 Å². The molecule has 0 bridgehead atoms. The number of rotatable bonds is 1. The maximum Gasteiger partial charge on any atom is 0.230 e. The molecule has 0 aliphatic heterocycles. The summed E-state index contributed by atoms with van der Waals surface area (Å²) in [4.78, 5) is 12.5. The van der Waals surface area contributed by atoms with Gasteiger partial charge in [0, 0.05) is 18.1 Å². The molecular formula is C12H8ClN3O. The summed E-state index contributed by atoms with van der Waals surface area (Å²) in [5.74, 6) is 0.463. The van der Waals surface area contributed by atoms with Crippen molar-refractivity contribution in [2.75, 3.05) is 0 Å². The summed E-state index contributed by atoms with van der Waals surface area (Å²) in [7, 11) is 0. The predicted molar refractivity (Wildman–Crippen MR) is 64.8 cm³/mol. The predicted octanol–water partition coefficient (Wildman–Crippen LogP) is 3.25. The Labute approximate surface area is 102 Å². The molecule has 3 aromatic heterocycles. The number of aromatic nitrogens is 3. The average molecular weight is 246 g/mol. The summed E-state index contributed by atoms with van der Waals surface area (Å²) in [6.07, 6.45) is 3.21. The molecule has 0 saturated carbocycles. The van der Waals surface area contributed by atoms with Crippen LogP contribution in [0, 0.1) is 6.92 Å². The molecule has 3 aromatic rings. The van der Waals surface area contributed by atoms with Crippen LogP contribution in [0.2, 0.25) is 5.02 Å². The normalized spacial score (nSPS) is 10.9. The lowest BCUT2D eigenvalue weighted by atomic mass is 10.3. The van der Waals surface area contributed by atoms with Crippen molar-refractivity contribution in [3.05, 3.63) is 41.3 Å². The summed E-state index contributed by atoms with van der Waals surface area (Å²) in [6, 6.07) is 5.49. The fourth-order valence-electron chi connectivity index (χ4n) is 1.58. The first-order chi connectivity index (χ1) is 8.24. The third-order valence-corrected chi connectivity index (χ3v) is 2.70. The highest BCUT2D eigenvalue weighted by Crippen LogP contribution is 2.28. The number of pyridine rings is 2. The van der Waals surface area contributed by atoms with Crippen LogP contribution in [0.3, 0.4) is 0 Å². The standard InChI is InChI=1S/C12H8ClN3O/c1-7-2-3-10-11(15-7)16-12(17-10)8-4-5-14-6-9(8)13/h2-6H,1H3. The fraction of sp³-hybridized carbons (Fsp3) is 0.0833. The fourth-order valence-corrected chi connectivity index (χ4v) is 1.78. The zero-order valence-corrected chi connectivity index (χ0v) is 9.77. The van der Waals surface area contributed by atoms with Gasteiger partial charge in [-0.2, -0.15) is 4.98 Å². The van der Waals surface area contributed by atoms with E-state index in [2.05, 4.69) is 15.0 Å². The van der Waals surface area contributed by atoms with E-state index in [4.69, 9.17) is 16.0 Å². The number of fused-ring (bicyclic) bond motifs is 1. The lowest BCUT2D eigenvalue weighted by Crippen LogP contribution is -1.82. The number of hydrogen-bond acceptors (Lipinski definition) is 4. The molecule has 84 valence electrons. The first-order valence-electron chi connectivity index (χ1n) is 5.08. The average Bonchev–Trinajstić information content (AvgIpc) is 2.72. The molecule has 0 amide bonds. The first kappa shape index (κ1) is 10.2. The van der Waals surface area contributed by atoms with Crippen LogP contribution >= 0.6 is 11.6 Å². The van der Waals surface area contributed by atoms with Gasteiger partial charge in [-0.3, -0.25) is 4.98 Å². The van der Waals surface area contributed by atoms with E-state index in [9.17, 15) is 0 Å². The van der Waals surface area contributed by atoms with Crippen LogP contribution in [-0.2, 0) is 0 Å². The molecule has 0 aromatic carbocycles. The van der Waals surface area contributed by atoms with E-state index >= 15 is 0 Å². The molecule has 3 rings (SSSR count). The zero-order chi connectivity index (χ0) is 11.8. The van der Waals surface area contributed by atoms with E-state index in [0.29, 0.717) is 22.1 Å². The minimum Gasteiger partial charge on any atom is -0.434 e. The van der Waals surface area contributed by atoms with Crippen LogP contribution in [0.1, 0.15) is 5.69 Å². The maximum atomic E-state index is 6.03. The van der Waals surface area contributed by atoms with E-state index in [0.717, 1.165) is 11.3 Å². The van der Waals surface area contributed by atoms with Crippen molar-refractivity contribution in [1.29, 1.82) is 0 Å². The molecule has 0 fully saturated rings. The molecule has 0 radical (unpaired) electrons. The lowest BCUT2D eigenvalue weighted by Gasteiger charge is -1.95. The van der Waals surface area contributed by atoms with E-state index in [1.165, 1.54) is 0 Å². The van der Waals surface area contributed by atoms with Gasteiger partial charge in [0.15, 0.2) is 11.2 Å². The van der Waals surface area contributed by atoms with Crippen molar-refractivity contribution in [3.63, 3.8) is 0 Å². The third kappa shape index (κ3) is 1.76. The van der Waals surface area contributed by atoms with Crippen LogP contribution in [-0.4, -0.2) is 15.0 Å². The maximum absolute atomic E-state index is 6.03. The number of nitrogens with zero attached hydrogens (tertiary/aromatic N) is 3. The van der Waals surface area contributed by atoms with E-state index in [-0.39, 0.29) is 0 Å². The van der Waals surface area contributed by atoms with Crippen molar-refractivity contribution >= 4 is 22.8 Å². The highest BCUT2D eigenvalue weighted by atomic mass is 35.5. The Bertz CT molecular complexity index is 693. The molecule has 5 heteroatoms. The van der Waals surface area contributed by atoms with E-state index in [1.807, 2.05) is 19.1 Å². The van der Waals surface area contributed by atoms with Gasteiger partial charge in [0.1, 0.15) is 0 Å². The van der Waals surface area contributed by atoms with Crippen molar-refractivity contribution in [2.24, 2.45) is 0 Å². The van der Waals surface area contributed by atoms with Gasteiger partial charge in [0.2, 0.25) is 5.89 Å². The van der Waals surface area contributed by atoms with Gasteiger partial charge in [-0.05, 0) is 25.1 Å². The molecule has 0 aliphatic carbocycles. The van der Waals surface area contributed by atoms with Crippen LogP contribution in [0.25, 0.3) is 22.7 Å². The van der Waals surface area contributed by atoms with Gasteiger partial charge < -0.3 is 4.42 Å². The van der Waals surface area contributed by atoms with Gasteiger partial charge in [-0.25, -0.2) is 4.98 Å². The lowest BCUT2D eigenvalue weighted by molar-refractivity contribution is 0.619. The van der Waals surface area contributed by atoms with Crippen molar-refractivity contribution in [3.8, 4) is 11.5 Å². The largest absolute Gasteiger partial charge is 0.434 e. The van der Waals surface area contributed by atoms with Gasteiger partial charge in [-0.1, -0.05) is 11.6 Å². The van der Waals surface area contributed by atoms with Crippen LogP contribution in [0.5, 0.6) is 0 Å². The Morgan fingerprint density at radius 1 is 1.18 bits per heavy atom. The minimum atomic E-state index is 0.463. The second kappa shape index (κ2) is 3.82. The SMILES string of the molecule is Cc1ccc2oc(-c3ccncc3Cl)nc2n1. The Morgan fingerprint density at radius 3 is 2.88 bits per heavy atom. The molecular weight excluding hydrogens is 238 g/mol. The summed E-state index contributed by atoms with van der Waals surface area (Å²) in [6.45, 7) is 1.91. The highest BCUT2D eigenvalue weighted by Gasteiger charge is 2.11. The highest BCUT2D eigenvalue weighted by molar-refractivity contribution is 6.33. The Balaban J connectivity index is 2.22. The number of halogens is 1.